The van der Waals surface area contributed by atoms with E-state index in [-0.39, 0.29) is 0 Å². The molecule has 0 saturated carbocycles. The van der Waals surface area contributed by atoms with Crippen LogP contribution in [0.25, 0.3) is 0 Å². The number of thioether (sulfide) groups is 1. The van der Waals surface area contributed by atoms with Crippen LogP contribution in [0.5, 0.6) is 0 Å². The van der Waals surface area contributed by atoms with E-state index in [1.54, 1.807) is 17.3 Å². The molecule has 2 rings (SSSR count). The van der Waals surface area contributed by atoms with Crippen LogP contribution in [0.1, 0.15) is 37.2 Å². The maximum absolute atomic E-state index is 5.70. The van der Waals surface area contributed by atoms with Gasteiger partial charge in [0.2, 0.25) is 0 Å². The van der Waals surface area contributed by atoms with Crippen LogP contribution in [0, 0.1) is 0 Å². The summed E-state index contributed by atoms with van der Waals surface area (Å²) < 4.78 is 5.70. The summed E-state index contributed by atoms with van der Waals surface area (Å²) in [7, 11) is 0. The molecule has 1 N–H and O–H groups in total. The number of nitrogens with one attached hydrogen (secondary N) is 1. The standard InChI is InChI=1S/C14H21NOS/c1-17-11-14-7-6-13(16-14)10-15-9-8-12-4-2-3-5-12/h4,6-7,15H,2-3,5,8-11H2,1H3. The average Bonchev–Trinajstić information content (AvgIpc) is 2.96. The van der Waals surface area contributed by atoms with E-state index in [4.69, 9.17) is 4.42 Å². The van der Waals surface area contributed by atoms with E-state index in [0.29, 0.717) is 0 Å². The molecule has 0 aromatic carbocycles. The molecule has 17 heavy (non-hydrogen) atoms. The van der Waals surface area contributed by atoms with Gasteiger partial charge in [-0.1, -0.05) is 11.6 Å². The molecule has 1 aliphatic rings. The van der Waals surface area contributed by atoms with E-state index in [1.165, 1.54) is 25.7 Å². The van der Waals surface area contributed by atoms with Crippen LogP contribution in [0.3, 0.4) is 0 Å². The first kappa shape index (κ1) is 12.8. The molecule has 0 unspecified atom stereocenters. The van der Waals surface area contributed by atoms with Gasteiger partial charge in [0.25, 0.3) is 0 Å². The third-order valence-corrected chi connectivity index (χ3v) is 3.63. The quantitative estimate of drug-likeness (QED) is 0.590. The predicted molar refractivity (Wildman–Crippen MR) is 74.2 cm³/mol. The molecule has 0 spiro atoms. The van der Waals surface area contributed by atoms with Gasteiger partial charge >= 0.3 is 0 Å². The summed E-state index contributed by atoms with van der Waals surface area (Å²) in [5.74, 6) is 3.09. The van der Waals surface area contributed by atoms with Gasteiger partial charge in [0.15, 0.2) is 0 Å². The molecule has 1 heterocycles. The van der Waals surface area contributed by atoms with Gasteiger partial charge in [-0.05, 0) is 50.6 Å². The zero-order valence-corrected chi connectivity index (χ0v) is 11.3. The van der Waals surface area contributed by atoms with Crippen molar-refractivity contribution < 1.29 is 4.42 Å². The van der Waals surface area contributed by atoms with E-state index < -0.39 is 0 Å². The van der Waals surface area contributed by atoms with Crippen molar-refractivity contribution in [2.45, 2.75) is 38.0 Å². The van der Waals surface area contributed by atoms with Gasteiger partial charge < -0.3 is 9.73 Å². The molecule has 2 nitrogen and oxygen atoms in total. The summed E-state index contributed by atoms with van der Waals surface area (Å²) in [5.41, 5.74) is 1.63. The largest absolute Gasteiger partial charge is 0.464 e. The Morgan fingerprint density at radius 2 is 2.24 bits per heavy atom. The highest BCUT2D eigenvalue weighted by Crippen LogP contribution is 2.19. The molecule has 0 atom stereocenters. The lowest BCUT2D eigenvalue weighted by atomic mass is 10.2. The van der Waals surface area contributed by atoms with Crippen LogP contribution in [0.2, 0.25) is 0 Å². The third-order valence-electron chi connectivity index (χ3n) is 3.06. The average molecular weight is 251 g/mol. The van der Waals surface area contributed by atoms with Crippen LogP contribution in [-0.2, 0) is 12.3 Å². The minimum atomic E-state index is 0.849. The Bertz CT molecular complexity index is 370. The van der Waals surface area contributed by atoms with E-state index in [1.807, 2.05) is 0 Å². The predicted octanol–water partition coefficient (Wildman–Crippen LogP) is 3.73. The van der Waals surface area contributed by atoms with Crippen molar-refractivity contribution in [1.82, 2.24) is 5.32 Å². The van der Waals surface area contributed by atoms with Crippen molar-refractivity contribution in [3.63, 3.8) is 0 Å². The van der Waals surface area contributed by atoms with Gasteiger partial charge in [-0.25, -0.2) is 0 Å². The molecule has 1 aromatic heterocycles. The van der Waals surface area contributed by atoms with Gasteiger partial charge in [0.05, 0.1) is 12.3 Å². The van der Waals surface area contributed by atoms with Crippen LogP contribution in [-0.4, -0.2) is 12.8 Å². The van der Waals surface area contributed by atoms with Crippen LogP contribution in [0.15, 0.2) is 28.2 Å². The fourth-order valence-electron chi connectivity index (χ4n) is 2.16. The molecule has 0 saturated heterocycles. The minimum Gasteiger partial charge on any atom is -0.464 e. The van der Waals surface area contributed by atoms with E-state index in [0.717, 1.165) is 30.4 Å². The summed E-state index contributed by atoms with van der Waals surface area (Å²) in [6.45, 7) is 1.91. The SMILES string of the molecule is CSCc1ccc(CNCCC2=CCCC2)o1. The first-order valence-electron chi connectivity index (χ1n) is 6.33. The summed E-state index contributed by atoms with van der Waals surface area (Å²) in [6, 6.07) is 4.15. The molecule has 0 bridgehead atoms. The zero-order chi connectivity index (χ0) is 11.9. The highest BCUT2D eigenvalue weighted by atomic mass is 32.2. The van der Waals surface area contributed by atoms with Gasteiger partial charge in [0, 0.05) is 0 Å². The summed E-state index contributed by atoms with van der Waals surface area (Å²) in [6.07, 6.45) is 9.62. The number of furan rings is 1. The lowest BCUT2D eigenvalue weighted by molar-refractivity contribution is 0.460. The summed E-state index contributed by atoms with van der Waals surface area (Å²) in [5, 5.41) is 3.44. The van der Waals surface area contributed by atoms with E-state index >= 15 is 0 Å². The van der Waals surface area contributed by atoms with Crippen molar-refractivity contribution in [3.8, 4) is 0 Å². The van der Waals surface area contributed by atoms with Gasteiger partial charge in [-0.3, -0.25) is 0 Å². The van der Waals surface area contributed by atoms with Gasteiger partial charge in [-0.2, -0.15) is 11.8 Å². The maximum Gasteiger partial charge on any atom is 0.117 e. The Morgan fingerprint density at radius 1 is 1.35 bits per heavy atom. The molecule has 0 amide bonds. The molecule has 1 aromatic rings. The Morgan fingerprint density at radius 3 is 3.00 bits per heavy atom. The fraction of sp³-hybridized carbons (Fsp3) is 0.571. The van der Waals surface area contributed by atoms with Crippen molar-refractivity contribution >= 4 is 11.8 Å². The molecule has 94 valence electrons. The minimum absolute atomic E-state index is 0.849. The number of rotatable bonds is 7. The highest BCUT2D eigenvalue weighted by molar-refractivity contribution is 7.97. The normalized spacial score (nSPS) is 15.2. The monoisotopic (exact) mass is 251 g/mol. The first-order chi connectivity index (χ1) is 8.38. The Balaban J connectivity index is 1.63. The summed E-state index contributed by atoms with van der Waals surface area (Å²) >= 11 is 1.79. The molecule has 1 aliphatic carbocycles. The molecule has 0 aliphatic heterocycles. The molecule has 0 fully saturated rings. The Kier molecular flexibility index (Phi) is 5.20. The Hall–Kier alpha value is -0.670. The number of hydrogen-bond donors (Lipinski definition) is 1. The molecular formula is C14H21NOS. The van der Waals surface area contributed by atoms with E-state index in [2.05, 4.69) is 29.8 Å². The van der Waals surface area contributed by atoms with Crippen LogP contribution < -0.4 is 5.32 Å². The fourth-order valence-corrected chi connectivity index (χ4v) is 2.60. The topological polar surface area (TPSA) is 25.2 Å². The van der Waals surface area contributed by atoms with E-state index in [9.17, 15) is 0 Å². The zero-order valence-electron chi connectivity index (χ0n) is 10.5. The van der Waals surface area contributed by atoms with Gasteiger partial charge in [-0.15, -0.1) is 0 Å². The second-order valence-electron chi connectivity index (χ2n) is 4.48. The third kappa shape index (κ3) is 4.25. The van der Waals surface area contributed by atoms with Crippen molar-refractivity contribution in [3.05, 3.63) is 35.3 Å². The van der Waals surface area contributed by atoms with Crippen molar-refractivity contribution in [2.24, 2.45) is 0 Å². The number of hydrogen-bond acceptors (Lipinski definition) is 3. The second kappa shape index (κ2) is 6.92. The molecular weight excluding hydrogens is 230 g/mol. The first-order valence-corrected chi connectivity index (χ1v) is 7.73. The molecule has 0 radical (unpaired) electrons. The van der Waals surface area contributed by atoms with Crippen molar-refractivity contribution in [1.29, 1.82) is 0 Å². The lowest BCUT2D eigenvalue weighted by Crippen LogP contribution is -2.14. The van der Waals surface area contributed by atoms with Crippen molar-refractivity contribution in [2.75, 3.05) is 12.8 Å². The van der Waals surface area contributed by atoms with Crippen LogP contribution in [0.4, 0.5) is 0 Å². The smallest absolute Gasteiger partial charge is 0.117 e. The van der Waals surface area contributed by atoms with Gasteiger partial charge in [0.1, 0.15) is 11.5 Å². The van der Waals surface area contributed by atoms with Crippen LogP contribution >= 0.6 is 11.8 Å². The molecule has 3 heteroatoms. The highest BCUT2D eigenvalue weighted by Gasteiger charge is 2.04. The maximum atomic E-state index is 5.70. The second-order valence-corrected chi connectivity index (χ2v) is 5.35. The summed E-state index contributed by atoms with van der Waals surface area (Å²) in [4.78, 5) is 0. The Labute approximate surface area is 108 Å². The lowest BCUT2D eigenvalue weighted by Gasteiger charge is -2.03. The number of allylic oxidation sites excluding steroid dienone is 1.